The maximum Gasteiger partial charge on any atom is 0.0345 e. The van der Waals surface area contributed by atoms with Gasteiger partial charge in [-0.25, -0.2) is 0 Å². The summed E-state index contributed by atoms with van der Waals surface area (Å²) in [7, 11) is 0. The Kier molecular flexibility index (Phi) is 4.15. The molecule has 0 fully saturated rings. The van der Waals surface area contributed by atoms with Crippen LogP contribution in [0.15, 0.2) is 29.6 Å². The third-order valence-electron chi connectivity index (χ3n) is 3.02. The minimum Gasteiger partial charge on any atom is -0.271 e. The van der Waals surface area contributed by atoms with E-state index in [0.29, 0.717) is 12.0 Å². The van der Waals surface area contributed by atoms with Gasteiger partial charge in [0.2, 0.25) is 0 Å². The summed E-state index contributed by atoms with van der Waals surface area (Å²) in [6.45, 7) is 4.46. The van der Waals surface area contributed by atoms with E-state index in [1.807, 2.05) is 11.3 Å². The molecule has 0 aliphatic carbocycles. The number of rotatable bonds is 5. The van der Waals surface area contributed by atoms with Crippen molar-refractivity contribution in [2.24, 2.45) is 11.8 Å². The third-order valence-corrected chi connectivity index (χ3v) is 4.03. The highest BCUT2D eigenvalue weighted by Gasteiger charge is 2.12. The first kappa shape index (κ1) is 12.6. The van der Waals surface area contributed by atoms with Gasteiger partial charge in [-0.3, -0.25) is 11.3 Å². The molecule has 0 amide bonds. The van der Waals surface area contributed by atoms with Crippen molar-refractivity contribution in [2.45, 2.75) is 32.7 Å². The average molecular weight is 248 g/mol. The summed E-state index contributed by atoms with van der Waals surface area (Å²) < 4.78 is 1.36. The lowest BCUT2D eigenvalue weighted by atomic mass is 9.97. The van der Waals surface area contributed by atoms with Gasteiger partial charge in [0.15, 0.2) is 0 Å². The average Bonchev–Trinajstić information content (AvgIpc) is 2.71. The number of benzene rings is 1. The van der Waals surface area contributed by atoms with E-state index in [0.717, 1.165) is 12.8 Å². The van der Waals surface area contributed by atoms with Gasteiger partial charge in [-0.05, 0) is 41.2 Å². The Morgan fingerprint density at radius 1 is 1.29 bits per heavy atom. The first-order valence-electron chi connectivity index (χ1n) is 6.12. The monoisotopic (exact) mass is 248 g/mol. The fraction of sp³-hybridized carbons (Fsp3) is 0.429. The van der Waals surface area contributed by atoms with Gasteiger partial charge in [0.05, 0.1) is 0 Å². The zero-order chi connectivity index (χ0) is 12.3. The Hall–Kier alpha value is -0.900. The maximum absolute atomic E-state index is 5.64. The van der Waals surface area contributed by atoms with Gasteiger partial charge in [0, 0.05) is 10.7 Å². The van der Waals surface area contributed by atoms with Crippen LogP contribution in [-0.4, -0.2) is 6.04 Å². The van der Waals surface area contributed by atoms with Crippen molar-refractivity contribution in [2.75, 3.05) is 0 Å². The van der Waals surface area contributed by atoms with Gasteiger partial charge in [0.25, 0.3) is 0 Å². The lowest BCUT2D eigenvalue weighted by Gasteiger charge is -2.17. The van der Waals surface area contributed by atoms with Gasteiger partial charge >= 0.3 is 0 Å². The lowest BCUT2D eigenvalue weighted by Crippen LogP contribution is -2.37. The fourth-order valence-corrected chi connectivity index (χ4v) is 3.21. The van der Waals surface area contributed by atoms with Crippen LogP contribution in [0.25, 0.3) is 10.1 Å². The van der Waals surface area contributed by atoms with Gasteiger partial charge < -0.3 is 0 Å². The molecule has 0 bridgehead atoms. The van der Waals surface area contributed by atoms with E-state index in [4.69, 9.17) is 5.84 Å². The van der Waals surface area contributed by atoms with Crippen molar-refractivity contribution in [1.29, 1.82) is 0 Å². The van der Waals surface area contributed by atoms with E-state index in [-0.39, 0.29) is 0 Å². The van der Waals surface area contributed by atoms with Crippen molar-refractivity contribution in [3.8, 4) is 0 Å². The minimum atomic E-state index is 0.369. The van der Waals surface area contributed by atoms with Crippen molar-refractivity contribution in [3.05, 3.63) is 35.2 Å². The Bertz CT molecular complexity index is 476. The van der Waals surface area contributed by atoms with Gasteiger partial charge in [-0.1, -0.05) is 32.0 Å². The van der Waals surface area contributed by atoms with E-state index < -0.39 is 0 Å². The molecule has 3 N–H and O–H groups in total. The molecular weight excluding hydrogens is 228 g/mol. The number of fused-ring (bicyclic) bond motifs is 1. The Morgan fingerprint density at radius 2 is 2.06 bits per heavy atom. The molecule has 0 aliphatic heterocycles. The predicted octanol–water partition coefficient (Wildman–Crippen LogP) is 3.32. The van der Waals surface area contributed by atoms with E-state index in [2.05, 4.69) is 48.9 Å². The van der Waals surface area contributed by atoms with Crippen LogP contribution in [0.1, 0.15) is 25.8 Å². The largest absolute Gasteiger partial charge is 0.271 e. The van der Waals surface area contributed by atoms with Crippen molar-refractivity contribution in [3.63, 3.8) is 0 Å². The molecule has 92 valence electrons. The molecule has 1 heterocycles. The van der Waals surface area contributed by atoms with E-state index in [1.165, 1.54) is 15.6 Å². The summed E-state index contributed by atoms with van der Waals surface area (Å²) in [6.07, 6.45) is 2.12. The Labute approximate surface area is 107 Å². The molecular formula is C14H20N2S. The molecule has 1 unspecified atom stereocenters. The van der Waals surface area contributed by atoms with Gasteiger partial charge in [0.1, 0.15) is 0 Å². The highest BCUT2D eigenvalue weighted by atomic mass is 32.1. The van der Waals surface area contributed by atoms with Crippen LogP contribution < -0.4 is 11.3 Å². The lowest BCUT2D eigenvalue weighted by molar-refractivity contribution is 0.424. The fourth-order valence-electron chi connectivity index (χ4n) is 2.24. The summed E-state index contributed by atoms with van der Waals surface area (Å²) in [4.78, 5) is 0. The SMILES string of the molecule is CC(C)CC(Cc1csc2ccccc12)NN. The zero-order valence-electron chi connectivity index (χ0n) is 10.4. The van der Waals surface area contributed by atoms with E-state index in [9.17, 15) is 0 Å². The molecule has 1 aromatic carbocycles. The van der Waals surface area contributed by atoms with Crippen LogP contribution in [-0.2, 0) is 6.42 Å². The van der Waals surface area contributed by atoms with Crippen molar-refractivity contribution >= 4 is 21.4 Å². The van der Waals surface area contributed by atoms with Crippen LogP contribution in [0.5, 0.6) is 0 Å². The quantitative estimate of drug-likeness (QED) is 0.629. The predicted molar refractivity (Wildman–Crippen MR) is 76.1 cm³/mol. The summed E-state index contributed by atoms with van der Waals surface area (Å²) in [5.74, 6) is 6.30. The number of nitrogens with one attached hydrogen (secondary N) is 1. The van der Waals surface area contributed by atoms with Crippen molar-refractivity contribution < 1.29 is 0 Å². The second-order valence-corrected chi connectivity index (χ2v) is 5.87. The van der Waals surface area contributed by atoms with Gasteiger partial charge in [-0.15, -0.1) is 11.3 Å². The highest BCUT2D eigenvalue weighted by Crippen LogP contribution is 2.27. The summed E-state index contributed by atoms with van der Waals surface area (Å²) in [5, 5.41) is 3.64. The highest BCUT2D eigenvalue weighted by molar-refractivity contribution is 7.17. The standard InChI is InChI=1S/C14H20N2S/c1-10(2)7-12(16-15)8-11-9-17-14-6-4-3-5-13(11)14/h3-6,9-10,12,16H,7-8,15H2,1-2H3. The molecule has 2 rings (SSSR count). The molecule has 0 spiro atoms. The topological polar surface area (TPSA) is 38.0 Å². The van der Waals surface area contributed by atoms with Gasteiger partial charge in [-0.2, -0.15) is 0 Å². The first-order valence-corrected chi connectivity index (χ1v) is 7.00. The first-order chi connectivity index (χ1) is 8.20. The molecule has 3 heteroatoms. The Morgan fingerprint density at radius 3 is 2.76 bits per heavy atom. The summed E-state index contributed by atoms with van der Waals surface area (Å²) >= 11 is 1.82. The zero-order valence-corrected chi connectivity index (χ0v) is 11.3. The smallest absolute Gasteiger partial charge is 0.0345 e. The summed E-state index contributed by atoms with van der Waals surface area (Å²) in [5.41, 5.74) is 4.35. The molecule has 2 nitrogen and oxygen atoms in total. The third kappa shape index (κ3) is 3.06. The van der Waals surface area contributed by atoms with Crippen LogP contribution in [0, 0.1) is 5.92 Å². The number of thiophene rings is 1. The normalized spacial score (nSPS) is 13.4. The number of hydrazine groups is 1. The molecule has 2 aromatic rings. The number of nitrogens with two attached hydrogens (primary N) is 1. The van der Waals surface area contributed by atoms with Crippen LogP contribution in [0.2, 0.25) is 0 Å². The van der Waals surface area contributed by atoms with Crippen LogP contribution >= 0.6 is 11.3 Å². The van der Waals surface area contributed by atoms with Crippen LogP contribution in [0.3, 0.4) is 0 Å². The van der Waals surface area contributed by atoms with Crippen LogP contribution in [0.4, 0.5) is 0 Å². The Balaban J connectivity index is 2.16. The molecule has 1 aromatic heterocycles. The number of hydrogen-bond acceptors (Lipinski definition) is 3. The minimum absolute atomic E-state index is 0.369. The van der Waals surface area contributed by atoms with E-state index >= 15 is 0 Å². The second-order valence-electron chi connectivity index (χ2n) is 4.95. The summed E-state index contributed by atoms with van der Waals surface area (Å²) in [6, 6.07) is 8.94. The molecule has 0 radical (unpaired) electrons. The molecule has 0 saturated carbocycles. The van der Waals surface area contributed by atoms with Crippen molar-refractivity contribution in [1.82, 2.24) is 5.43 Å². The molecule has 1 atom stereocenters. The number of hydrogen-bond donors (Lipinski definition) is 2. The molecule has 0 saturated heterocycles. The molecule has 17 heavy (non-hydrogen) atoms. The second kappa shape index (κ2) is 5.63. The molecule has 0 aliphatic rings. The maximum atomic E-state index is 5.64. The van der Waals surface area contributed by atoms with E-state index in [1.54, 1.807) is 0 Å².